The zero-order chi connectivity index (χ0) is 7.90. The Hall–Kier alpha value is -0.0800. The summed E-state index contributed by atoms with van der Waals surface area (Å²) in [4.78, 5) is 0. The van der Waals surface area contributed by atoms with Gasteiger partial charge < -0.3 is 10.5 Å². The van der Waals surface area contributed by atoms with E-state index in [-0.39, 0.29) is 5.60 Å². The molecular weight excluding hydrogens is 138 g/mol. The number of hydrogen-bond donors (Lipinski definition) is 1. The molecule has 2 saturated carbocycles. The van der Waals surface area contributed by atoms with Gasteiger partial charge in [-0.1, -0.05) is 0 Å². The third-order valence-corrected chi connectivity index (χ3v) is 3.31. The molecule has 2 heteroatoms. The molecule has 0 amide bonds. The first kappa shape index (κ1) is 7.56. The van der Waals surface area contributed by atoms with Crippen LogP contribution in [0.5, 0.6) is 0 Å². The van der Waals surface area contributed by atoms with Gasteiger partial charge in [0, 0.05) is 13.2 Å². The van der Waals surface area contributed by atoms with Crippen molar-refractivity contribution in [2.45, 2.75) is 31.8 Å². The van der Waals surface area contributed by atoms with Crippen molar-refractivity contribution in [3.63, 3.8) is 0 Å². The zero-order valence-corrected chi connectivity index (χ0v) is 7.18. The number of fused-ring (bicyclic) bond motifs is 1. The van der Waals surface area contributed by atoms with Crippen molar-refractivity contribution in [2.24, 2.45) is 17.6 Å². The van der Waals surface area contributed by atoms with E-state index in [9.17, 15) is 0 Å². The number of nitrogens with two attached hydrogens (primary N) is 1. The maximum atomic E-state index is 5.77. The zero-order valence-electron chi connectivity index (χ0n) is 7.18. The molecule has 2 N–H and O–H groups in total. The highest BCUT2D eigenvalue weighted by atomic mass is 16.5. The lowest BCUT2D eigenvalue weighted by atomic mass is 9.97. The highest BCUT2D eigenvalue weighted by molar-refractivity contribution is 5.09. The Kier molecular flexibility index (Phi) is 1.69. The summed E-state index contributed by atoms with van der Waals surface area (Å²) in [7, 11) is 0. The monoisotopic (exact) mass is 155 g/mol. The lowest BCUT2D eigenvalue weighted by Crippen LogP contribution is -2.41. The molecule has 0 aromatic carbocycles. The number of ether oxygens (including phenoxy) is 1. The normalized spacial score (nSPS) is 47.5. The summed E-state index contributed by atoms with van der Waals surface area (Å²) in [5.74, 6) is 1.78. The standard InChI is InChI=1S/C9H17NO/c1-2-11-9(6-10)4-3-7-5-8(7)9/h7-8H,2-6,10H2,1H3/t7-,8+,9?/m0/s1. The van der Waals surface area contributed by atoms with E-state index in [0.29, 0.717) is 0 Å². The van der Waals surface area contributed by atoms with Gasteiger partial charge in [0.2, 0.25) is 0 Å². The molecule has 2 nitrogen and oxygen atoms in total. The first-order valence-corrected chi connectivity index (χ1v) is 4.66. The first-order chi connectivity index (χ1) is 5.32. The lowest BCUT2D eigenvalue weighted by Gasteiger charge is -2.29. The molecular formula is C9H17NO. The van der Waals surface area contributed by atoms with Crippen molar-refractivity contribution >= 4 is 0 Å². The van der Waals surface area contributed by atoms with Crippen molar-refractivity contribution < 1.29 is 4.74 Å². The molecule has 2 aliphatic carbocycles. The molecule has 0 heterocycles. The fourth-order valence-corrected chi connectivity index (χ4v) is 2.61. The molecule has 2 rings (SSSR count). The molecule has 0 saturated heterocycles. The van der Waals surface area contributed by atoms with Crippen LogP contribution >= 0.6 is 0 Å². The van der Waals surface area contributed by atoms with E-state index in [1.165, 1.54) is 19.3 Å². The van der Waals surface area contributed by atoms with E-state index in [4.69, 9.17) is 10.5 Å². The summed E-state index contributed by atoms with van der Waals surface area (Å²) in [5.41, 5.74) is 5.84. The van der Waals surface area contributed by atoms with E-state index < -0.39 is 0 Å². The van der Waals surface area contributed by atoms with E-state index in [1.807, 2.05) is 0 Å². The Labute approximate surface area is 68.1 Å². The lowest BCUT2D eigenvalue weighted by molar-refractivity contribution is -0.0435. The van der Waals surface area contributed by atoms with Gasteiger partial charge >= 0.3 is 0 Å². The Morgan fingerprint density at radius 3 is 2.82 bits per heavy atom. The van der Waals surface area contributed by atoms with Crippen LogP contribution in [-0.2, 0) is 4.74 Å². The molecule has 0 aromatic rings. The maximum absolute atomic E-state index is 5.77. The van der Waals surface area contributed by atoms with Crippen LogP contribution in [0, 0.1) is 11.8 Å². The van der Waals surface area contributed by atoms with Crippen LogP contribution in [0.15, 0.2) is 0 Å². The molecule has 64 valence electrons. The van der Waals surface area contributed by atoms with Crippen LogP contribution in [0.2, 0.25) is 0 Å². The Balaban J connectivity index is 2.04. The van der Waals surface area contributed by atoms with Gasteiger partial charge in [0.15, 0.2) is 0 Å². The minimum atomic E-state index is 0.0966. The molecule has 1 unspecified atom stereocenters. The van der Waals surface area contributed by atoms with Crippen LogP contribution in [0.4, 0.5) is 0 Å². The highest BCUT2D eigenvalue weighted by Gasteiger charge is 2.57. The van der Waals surface area contributed by atoms with Gasteiger partial charge in [-0.2, -0.15) is 0 Å². The topological polar surface area (TPSA) is 35.2 Å². The van der Waals surface area contributed by atoms with Crippen molar-refractivity contribution in [1.82, 2.24) is 0 Å². The summed E-state index contributed by atoms with van der Waals surface area (Å²) < 4.78 is 5.77. The summed E-state index contributed by atoms with van der Waals surface area (Å²) in [6, 6.07) is 0. The van der Waals surface area contributed by atoms with E-state index >= 15 is 0 Å². The molecule has 2 aliphatic rings. The van der Waals surface area contributed by atoms with E-state index in [1.54, 1.807) is 0 Å². The molecule has 0 bridgehead atoms. The third kappa shape index (κ3) is 1.00. The summed E-state index contributed by atoms with van der Waals surface area (Å²) in [6.07, 6.45) is 3.92. The minimum absolute atomic E-state index is 0.0966. The van der Waals surface area contributed by atoms with Gasteiger partial charge in [-0.05, 0) is 38.0 Å². The SMILES string of the molecule is CCOC1(CN)CC[C@H]2C[C@H]21. The average Bonchev–Trinajstić information content (AvgIpc) is 2.73. The second-order valence-corrected chi connectivity index (χ2v) is 3.84. The Morgan fingerprint density at radius 1 is 1.64 bits per heavy atom. The second kappa shape index (κ2) is 2.46. The molecule has 2 fully saturated rings. The Bertz CT molecular complexity index is 160. The summed E-state index contributed by atoms with van der Waals surface area (Å²) >= 11 is 0. The van der Waals surface area contributed by atoms with Crippen molar-refractivity contribution in [3.8, 4) is 0 Å². The van der Waals surface area contributed by atoms with Crippen LogP contribution in [0.1, 0.15) is 26.2 Å². The van der Waals surface area contributed by atoms with Gasteiger partial charge in [0.05, 0.1) is 5.60 Å². The molecule has 3 atom stereocenters. The Morgan fingerprint density at radius 2 is 2.45 bits per heavy atom. The number of rotatable bonds is 3. The first-order valence-electron chi connectivity index (χ1n) is 4.66. The van der Waals surface area contributed by atoms with Crippen LogP contribution < -0.4 is 5.73 Å². The molecule has 0 spiro atoms. The predicted molar refractivity (Wildman–Crippen MR) is 44.2 cm³/mol. The smallest absolute Gasteiger partial charge is 0.0834 e. The van der Waals surface area contributed by atoms with Crippen LogP contribution in [-0.4, -0.2) is 18.8 Å². The van der Waals surface area contributed by atoms with E-state index in [0.717, 1.165) is 25.0 Å². The van der Waals surface area contributed by atoms with Gasteiger partial charge in [-0.15, -0.1) is 0 Å². The molecule has 0 aliphatic heterocycles. The molecule has 11 heavy (non-hydrogen) atoms. The molecule has 0 aromatic heterocycles. The maximum Gasteiger partial charge on any atom is 0.0834 e. The largest absolute Gasteiger partial charge is 0.374 e. The van der Waals surface area contributed by atoms with Gasteiger partial charge in [0.1, 0.15) is 0 Å². The van der Waals surface area contributed by atoms with E-state index in [2.05, 4.69) is 6.92 Å². The quantitative estimate of drug-likeness (QED) is 0.663. The number of hydrogen-bond acceptors (Lipinski definition) is 2. The predicted octanol–water partition coefficient (Wildman–Crippen LogP) is 1.15. The fourth-order valence-electron chi connectivity index (χ4n) is 2.61. The van der Waals surface area contributed by atoms with Crippen LogP contribution in [0.25, 0.3) is 0 Å². The van der Waals surface area contributed by atoms with Crippen LogP contribution in [0.3, 0.4) is 0 Å². The summed E-state index contributed by atoms with van der Waals surface area (Å²) in [6.45, 7) is 3.61. The average molecular weight is 155 g/mol. The fraction of sp³-hybridized carbons (Fsp3) is 1.00. The van der Waals surface area contributed by atoms with Gasteiger partial charge in [-0.25, -0.2) is 0 Å². The molecule has 0 radical (unpaired) electrons. The highest BCUT2D eigenvalue weighted by Crippen LogP contribution is 2.58. The summed E-state index contributed by atoms with van der Waals surface area (Å²) in [5, 5.41) is 0. The van der Waals surface area contributed by atoms with Crippen molar-refractivity contribution in [1.29, 1.82) is 0 Å². The minimum Gasteiger partial charge on any atom is -0.374 e. The van der Waals surface area contributed by atoms with Crippen molar-refractivity contribution in [2.75, 3.05) is 13.2 Å². The third-order valence-electron chi connectivity index (χ3n) is 3.31. The van der Waals surface area contributed by atoms with Gasteiger partial charge in [0.25, 0.3) is 0 Å². The second-order valence-electron chi connectivity index (χ2n) is 3.84. The van der Waals surface area contributed by atoms with Crippen molar-refractivity contribution in [3.05, 3.63) is 0 Å². The van der Waals surface area contributed by atoms with Gasteiger partial charge in [-0.3, -0.25) is 0 Å².